The first-order valence-corrected chi connectivity index (χ1v) is 6.73. The van der Waals surface area contributed by atoms with Gasteiger partial charge in [-0.1, -0.05) is 18.2 Å². The second-order valence-corrected chi connectivity index (χ2v) is 4.52. The summed E-state index contributed by atoms with van der Waals surface area (Å²) >= 11 is 4.91. The lowest BCUT2D eigenvalue weighted by Gasteiger charge is -2.06. The van der Waals surface area contributed by atoms with Crippen LogP contribution in [0.25, 0.3) is 12.2 Å². The Bertz CT molecular complexity index is 828. The predicted octanol–water partition coefficient (Wildman–Crippen LogP) is 2.87. The fourth-order valence-corrected chi connectivity index (χ4v) is 2.02. The molecule has 0 unspecified atom stereocenters. The van der Waals surface area contributed by atoms with E-state index >= 15 is 0 Å². The van der Waals surface area contributed by atoms with E-state index in [0.717, 1.165) is 11.3 Å². The molecule has 2 N–H and O–H groups in total. The quantitative estimate of drug-likeness (QED) is 0.850. The van der Waals surface area contributed by atoms with Crippen LogP contribution in [0.2, 0.25) is 0 Å². The van der Waals surface area contributed by atoms with Crippen LogP contribution in [0.1, 0.15) is 23.7 Å². The summed E-state index contributed by atoms with van der Waals surface area (Å²) in [5.41, 5.74) is 0.716. The van der Waals surface area contributed by atoms with Crippen molar-refractivity contribution in [3.8, 4) is 11.8 Å². The number of aromatic amines is 2. The van der Waals surface area contributed by atoms with Gasteiger partial charge in [0.1, 0.15) is 17.4 Å². The van der Waals surface area contributed by atoms with Crippen LogP contribution in [0.5, 0.6) is 5.75 Å². The first-order valence-electron chi connectivity index (χ1n) is 6.32. The third kappa shape index (κ3) is 3.46. The molecule has 0 saturated carbocycles. The van der Waals surface area contributed by atoms with Crippen LogP contribution in [-0.4, -0.2) is 16.6 Å². The predicted molar refractivity (Wildman–Crippen MR) is 83.5 cm³/mol. The van der Waals surface area contributed by atoms with E-state index in [1.54, 1.807) is 12.2 Å². The maximum Gasteiger partial charge on any atom is 0.270 e. The molecule has 0 amide bonds. The molecule has 5 nitrogen and oxygen atoms in total. The van der Waals surface area contributed by atoms with Gasteiger partial charge in [0.05, 0.1) is 12.3 Å². The van der Waals surface area contributed by atoms with Crippen molar-refractivity contribution in [1.29, 1.82) is 5.26 Å². The molecule has 106 valence electrons. The summed E-state index contributed by atoms with van der Waals surface area (Å²) in [7, 11) is 0. The minimum atomic E-state index is -0.501. The number of rotatable bonds is 4. The number of hydrogen-bond acceptors (Lipinski definition) is 4. The standard InChI is InChI=1S/C15H13N3O2S/c1-2-20-13-6-4-3-5-10(13)7-8-12-11(9-16)14(19)18-15(21)17-12/h3-8H,2H2,1H3,(H2,17,18,19,21)/b8-7+. The lowest BCUT2D eigenvalue weighted by Crippen LogP contribution is -2.13. The molecule has 1 aromatic heterocycles. The van der Waals surface area contributed by atoms with E-state index < -0.39 is 5.56 Å². The molecule has 0 atom stereocenters. The molecular formula is C15H13N3O2S. The van der Waals surface area contributed by atoms with Gasteiger partial charge in [-0.2, -0.15) is 5.26 Å². The zero-order chi connectivity index (χ0) is 15.2. The molecule has 1 aromatic carbocycles. The van der Waals surface area contributed by atoms with Crippen molar-refractivity contribution in [2.24, 2.45) is 0 Å². The topological polar surface area (TPSA) is 81.7 Å². The van der Waals surface area contributed by atoms with Gasteiger partial charge in [0, 0.05) is 5.56 Å². The Morgan fingerprint density at radius 3 is 2.81 bits per heavy atom. The van der Waals surface area contributed by atoms with Crippen molar-refractivity contribution in [3.05, 3.63) is 56.2 Å². The average molecular weight is 299 g/mol. The zero-order valence-corrected chi connectivity index (χ0v) is 12.2. The van der Waals surface area contributed by atoms with Crippen molar-refractivity contribution < 1.29 is 4.74 Å². The number of aromatic nitrogens is 2. The first kappa shape index (κ1) is 14.8. The summed E-state index contributed by atoms with van der Waals surface area (Å²) in [4.78, 5) is 16.8. The molecule has 0 aliphatic rings. The van der Waals surface area contributed by atoms with Crippen molar-refractivity contribution in [2.75, 3.05) is 6.61 Å². The number of benzene rings is 1. The van der Waals surface area contributed by atoms with Gasteiger partial charge in [0.2, 0.25) is 0 Å². The molecule has 6 heteroatoms. The Morgan fingerprint density at radius 1 is 1.33 bits per heavy atom. The Balaban J connectivity index is 2.46. The lowest BCUT2D eigenvalue weighted by molar-refractivity contribution is 0.339. The van der Waals surface area contributed by atoms with E-state index in [4.69, 9.17) is 22.2 Å². The molecule has 0 aliphatic carbocycles. The highest BCUT2D eigenvalue weighted by atomic mass is 32.1. The van der Waals surface area contributed by atoms with Crippen LogP contribution in [-0.2, 0) is 0 Å². The summed E-state index contributed by atoms with van der Waals surface area (Å²) in [5.74, 6) is 0.734. The summed E-state index contributed by atoms with van der Waals surface area (Å²) in [6, 6.07) is 9.36. The largest absolute Gasteiger partial charge is 0.493 e. The lowest BCUT2D eigenvalue weighted by atomic mass is 10.1. The van der Waals surface area contributed by atoms with Crippen LogP contribution in [0.4, 0.5) is 0 Å². The number of para-hydroxylation sites is 1. The van der Waals surface area contributed by atoms with Gasteiger partial charge >= 0.3 is 0 Å². The molecule has 21 heavy (non-hydrogen) atoms. The molecule has 2 aromatic rings. The van der Waals surface area contributed by atoms with Gasteiger partial charge in [0.15, 0.2) is 4.77 Å². The van der Waals surface area contributed by atoms with Crippen molar-refractivity contribution in [1.82, 2.24) is 9.97 Å². The van der Waals surface area contributed by atoms with Crippen LogP contribution < -0.4 is 10.3 Å². The summed E-state index contributed by atoms with van der Waals surface area (Å²) in [6.45, 7) is 2.46. The fourth-order valence-electron chi connectivity index (χ4n) is 1.82. The molecule has 0 saturated heterocycles. The van der Waals surface area contributed by atoms with E-state index in [1.165, 1.54) is 0 Å². The first-order chi connectivity index (χ1) is 10.2. The SMILES string of the molecule is CCOc1ccccc1/C=C/c1[nH]c(=S)[nH]c(=O)c1C#N. The summed E-state index contributed by atoms with van der Waals surface area (Å²) in [5, 5.41) is 9.04. The van der Waals surface area contributed by atoms with E-state index in [9.17, 15) is 4.79 Å². The minimum Gasteiger partial charge on any atom is -0.493 e. The molecular weight excluding hydrogens is 286 g/mol. The molecule has 0 radical (unpaired) electrons. The van der Waals surface area contributed by atoms with Gasteiger partial charge in [-0.05, 0) is 37.4 Å². The summed E-state index contributed by atoms with van der Waals surface area (Å²) < 4.78 is 5.69. The normalized spacial score (nSPS) is 10.5. The number of ether oxygens (including phenoxy) is 1. The van der Waals surface area contributed by atoms with Gasteiger partial charge in [-0.25, -0.2) is 0 Å². The Hall–Kier alpha value is -2.65. The number of nitriles is 1. The minimum absolute atomic E-state index is 0.00580. The zero-order valence-electron chi connectivity index (χ0n) is 11.3. The van der Waals surface area contributed by atoms with Crippen LogP contribution in [0.3, 0.4) is 0 Å². The Labute approximate surface area is 126 Å². The Morgan fingerprint density at radius 2 is 2.10 bits per heavy atom. The van der Waals surface area contributed by atoms with E-state index in [2.05, 4.69) is 9.97 Å². The fraction of sp³-hybridized carbons (Fsp3) is 0.133. The molecule has 0 bridgehead atoms. The van der Waals surface area contributed by atoms with Crippen LogP contribution >= 0.6 is 12.2 Å². The monoisotopic (exact) mass is 299 g/mol. The number of nitrogens with one attached hydrogen (secondary N) is 2. The van der Waals surface area contributed by atoms with Gasteiger partial charge in [0.25, 0.3) is 5.56 Å². The molecule has 1 heterocycles. The number of nitrogens with zero attached hydrogens (tertiary/aromatic N) is 1. The van der Waals surface area contributed by atoms with Crippen molar-refractivity contribution >= 4 is 24.4 Å². The second kappa shape index (κ2) is 6.68. The maximum atomic E-state index is 11.6. The molecule has 0 spiro atoms. The third-order valence-corrected chi connectivity index (χ3v) is 2.94. The molecule has 0 aliphatic heterocycles. The van der Waals surface area contributed by atoms with E-state index in [-0.39, 0.29) is 10.3 Å². The highest BCUT2D eigenvalue weighted by Crippen LogP contribution is 2.20. The smallest absolute Gasteiger partial charge is 0.270 e. The highest BCUT2D eigenvalue weighted by Gasteiger charge is 2.05. The van der Waals surface area contributed by atoms with Crippen LogP contribution in [0, 0.1) is 16.1 Å². The van der Waals surface area contributed by atoms with Crippen LogP contribution in [0.15, 0.2) is 29.1 Å². The number of H-pyrrole nitrogens is 2. The average Bonchev–Trinajstić information content (AvgIpc) is 2.46. The van der Waals surface area contributed by atoms with E-state index in [0.29, 0.717) is 12.3 Å². The number of hydrogen-bond donors (Lipinski definition) is 2. The maximum absolute atomic E-state index is 11.6. The van der Waals surface area contributed by atoms with E-state index in [1.807, 2.05) is 37.3 Å². The summed E-state index contributed by atoms with van der Waals surface area (Å²) in [6.07, 6.45) is 3.41. The molecule has 0 fully saturated rings. The highest BCUT2D eigenvalue weighted by molar-refractivity contribution is 7.71. The van der Waals surface area contributed by atoms with Crippen molar-refractivity contribution in [3.63, 3.8) is 0 Å². The molecule has 2 rings (SSSR count). The second-order valence-electron chi connectivity index (χ2n) is 4.11. The van der Waals surface area contributed by atoms with Crippen molar-refractivity contribution in [2.45, 2.75) is 6.92 Å². The van der Waals surface area contributed by atoms with Gasteiger partial charge < -0.3 is 9.72 Å². The van der Waals surface area contributed by atoms with Gasteiger partial charge in [-0.3, -0.25) is 9.78 Å². The third-order valence-electron chi connectivity index (χ3n) is 2.73. The van der Waals surface area contributed by atoms with Gasteiger partial charge in [-0.15, -0.1) is 0 Å². The Kier molecular flexibility index (Phi) is 4.69.